The van der Waals surface area contributed by atoms with E-state index in [1.54, 1.807) is 30.3 Å². The van der Waals surface area contributed by atoms with Gasteiger partial charge in [0, 0.05) is 10.0 Å². The first-order valence-electron chi connectivity index (χ1n) is 7.18. The Kier molecular flexibility index (Phi) is 4.61. The molecule has 24 heavy (non-hydrogen) atoms. The number of benzene rings is 2. The maximum atomic E-state index is 9.41. The second-order valence-electron chi connectivity index (χ2n) is 5.07. The van der Waals surface area contributed by atoms with E-state index < -0.39 is 0 Å². The van der Waals surface area contributed by atoms with E-state index in [4.69, 9.17) is 9.68 Å². The zero-order chi connectivity index (χ0) is 16.9. The van der Waals surface area contributed by atoms with Gasteiger partial charge >= 0.3 is 0 Å². The number of furan rings is 1. The number of hydrogen-bond acceptors (Lipinski definition) is 3. The molecule has 4 heteroatoms. The van der Waals surface area contributed by atoms with Crippen LogP contribution in [0.25, 0.3) is 23.0 Å². The standard InChI is InChI=1S/C20H11BrN2O/c21-18-6-4-15(5-7-18)20-9-8-19(24-20)11-17(13-23)16-3-1-2-14(10-16)12-22/h1-11H/b17-11+. The fourth-order valence-electron chi connectivity index (χ4n) is 2.28. The van der Waals surface area contributed by atoms with Crippen LogP contribution in [-0.2, 0) is 0 Å². The molecular formula is C20H11BrN2O. The van der Waals surface area contributed by atoms with Gasteiger partial charge in [-0.2, -0.15) is 10.5 Å². The molecule has 3 rings (SSSR count). The third-order valence-corrected chi connectivity index (χ3v) is 3.99. The van der Waals surface area contributed by atoms with Crippen molar-refractivity contribution in [2.24, 2.45) is 0 Å². The SMILES string of the molecule is N#C/C(=C\c1ccc(-c2ccc(Br)cc2)o1)c1cccc(C#N)c1. The molecule has 0 aliphatic rings. The Labute approximate surface area is 148 Å². The van der Waals surface area contributed by atoms with E-state index in [-0.39, 0.29) is 0 Å². The molecule has 0 saturated heterocycles. The predicted molar refractivity (Wildman–Crippen MR) is 96.5 cm³/mol. The molecule has 0 amide bonds. The van der Waals surface area contributed by atoms with Crippen molar-refractivity contribution in [2.45, 2.75) is 0 Å². The van der Waals surface area contributed by atoms with Crippen LogP contribution < -0.4 is 0 Å². The molecule has 0 unspecified atom stereocenters. The number of nitriles is 2. The lowest BCUT2D eigenvalue weighted by atomic mass is 10.0. The van der Waals surface area contributed by atoms with E-state index in [2.05, 4.69) is 28.1 Å². The highest BCUT2D eigenvalue weighted by Gasteiger charge is 2.07. The lowest BCUT2D eigenvalue weighted by Gasteiger charge is -1.99. The predicted octanol–water partition coefficient (Wildman–Crippen LogP) is 5.64. The average molecular weight is 375 g/mol. The maximum absolute atomic E-state index is 9.41. The minimum Gasteiger partial charge on any atom is -0.457 e. The maximum Gasteiger partial charge on any atom is 0.134 e. The Morgan fingerprint density at radius 3 is 2.50 bits per heavy atom. The number of rotatable bonds is 3. The molecule has 3 nitrogen and oxygen atoms in total. The van der Waals surface area contributed by atoms with Crippen LogP contribution in [0.2, 0.25) is 0 Å². The van der Waals surface area contributed by atoms with Crippen molar-refractivity contribution >= 4 is 27.6 Å². The smallest absolute Gasteiger partial charge is 0.134 e. The summed E-state index contributed by atoms with van der Waals surface area (Å²) in [6.07, 6.45) is 1.68. The van der Waals surface area contributed by atoms with Crippen LogP contribution in [0, 0.1) is 22.7 Å². The van der Waals surface area contributed by atoms with Crippen molar-refractivity contribution in [3.05, 3.63) is 82.0 Å². The van der Waals surface area contributed by atoms with E-state index >= 15 is 0 Å². The van der Waals surface area contributed by atoms with E-state index in [0.717, 1.165) is 15.8 Å². The largest absolute Gasteiger partial charge is 0.457 e. The molecule has 0 aliphatic carbocycles. The number of hydrogen-bond donors (Lipinski definition) is 0. The van der Waals surface area contributed by atoms with Gasteiger partial charge in [0.25, 0.3) is 0 Å². The zero-order valence-electron chi connectivity index (χ0n) is 12.5. The fraction of sp³-hybridized carbons (Fsp3) is 0. The topological polar surface area (TPSA) is 60.7 Å². The van der Waals surface area contributed by atoms with Gasteiger partial charge in [-0.1, -0.05) is 40.2 Å². The summed E-state index contributed by atoms with van der Waals surface area (Å²) in [7, 11) is 0. The van der Waals surface area contributed by atoms with Gasteiger partial charge in [0.05, 0.1) is 23.3 Å². The summed E-state index contributed by atoms with van der Waals surface area (Å²) in [5.41, 5.74) is 2.62. The van der Waals surface area contributed by atoms with Crippen molar-refractivity contribution in [1.29, 1.82) is 10.5 Å². The van der Waals surface area contributed by atoms with E-state index in [0.29, 0.717) is 22.5 Å². The summed E-state index contributed by atoms with van der Waals surface area (Å²) in [5, 5.41) is 18.4. The molecule has 0 saturated carbocycles. The van der Waals surface area contributed by atoms with Crippen LogP contribution in [-0.4, -0.2) is 0 Å². The van der Waals surface area contributed by atoms with E-state index in [9.17, 15) is 5.26 Å². The zero-order valence-corrected chi connectivity index (χ0v) is 14.1. The molecule has 0 radical (unpaired) electrons. The number of allylic oxidation sites excluding steroid dienone is 1. The lowest BCUT2D eigenvalue weighted by molar-refractivity contribution is 0.572. The third-order valence-electron chi connectivity index (χ3n) is 3.47. The minimum atomic E-state index is 0.448. The molecular weight excluding hydrogens is 364 g/mol. The summed E-state index contributed by atoms with van der Waals surface area (Å²) >= 11 is 3.40. The Bertz CT molecular complexity index is 985. The van der Waals surface area contributed by atoms with Crippen LogP contribution in [0.5, 0.6) is 0 Å². The highest BCUT2D eigenvalue weighted by atomic mass is 79.9. The average Bonchev–Trinajstić information content (AvgIpc) is 3.09. The molecule has 114 valence electrons. The first-order valence-corrected chi connectivity index (χ1v) is 7.97. The van der Waals surface area contributed by atoms with Gasteiger partial charge in [-0.25, -0.2) is 0 Å². The van der Waals surface area contributed by atoms with Gasteiger partial charge in [-0.15, -0.1) is 0 Å². The molecule has 1 aromatic heterocycles. The van der Waals surface area contributed by atoms with Crippen molar-refractivity contribution in [2.75, 3.05) is 0 Å². The number of halogens is 1. The summed E-state index contributed by atoms with van der Waals surface area (Å²) in [6.45, 7) is 0. The van der Waals surface area contributed by atoms with Crippen LogP contribution in [0.3, 0.4) is 0 Å². The highest BCUT2D eigenvalue weighted by molar-refractivity contribution is 9.10. The van der Waals surface area contributed by atoms with Crippen LogP contribution in [0.15, 0.2) is 69.6 Å². The third kappa shape index (κ3) is 3.46. The highest BCUT2D eigenvalue weighted by Crippen LogP contribution is 2.26. The van der Waals surface area contributed by atoms with Crippen LogP contribution in [0.4, 0.5) is 0 Å². The Morgan fingerprint density at radius 2 is 1.79 bits per heavy atom. The van der Waals surface area contributed by atoms with Crippen molar-refractivity contribution in [3.8, 4) is 23.5 Å². The molecule has 0 bridgehead atoms. The quantitative estimate of drug-likeness (QED) is 0.556. The lowest BCUT2D eigenvalue weighted by Crippen LogP contribution is -1.83. The summed E-state index contributed by atoms with van der Waals surface area (Å²) in [6, 6.07) is 22.7. The Morgan fingerprint density at radius 1 is 1.00 bits per heavy atom. The molecule has 0 spiro atoms. The van der Waals surface area contributed by atoms with Crippen molar-refractivity contribution in [1.82, 2.24) is 0 Å². The minimum absolute atomic E-state index is 0.448. The van der Waals surface area contributed by atoms with Gasteiger partial charge in [-0.3, -0.25) is 0 Å². The van der Waals surface area contributed by atoms with Crippen molar-refractivity contribution in [3.63, 3.8) is 0 Å². The molecule has 1 heterocycles. The van der Waals surface area contributed by atoms with Gasteiger partial charge in [-0.05, 0) is 48.0 Å². The molecule has 0 atom stereocenters. The first kappa shape index (κ1) is 15.8. The normalized spacial score (nSPS) is 10.9. The summed E-state index contributed by atoms with van der Waals surface area (Å²) in [5.74, 6) is 1.32. The molecule has 2 aromatic carbocycles. The van der Waals surface area contributed by atoms with E-state index in [1.165, 1.54) is 0 Å². The van der Waals surface area contributed by atoms with E-state index in [1.807, 2.05) is 36.4 Å². The molecule has 0 aliphatic heterocycles. The fourth-order valence-corrected chi connectivity index (χ4v) is 2.54. The second kappa shape index (κ2) is 7.00. The van der Waals surface area contributed by atoms with Gasteiger partial charge in [0.15, 0.2) is 0 Å². The molecule has 0 fully saturated rings. The van der Waals surface area contributed by atoms with Crippen LogP contribution in [0.1, 0.15) is 16.9 Å². The Balaban J connectivity index is 1.94. The molecule has 3 aromatic rings. The first-order chi connectivity index (χ1) is 11.7. The van der Waals surface area contributed by atoms with Crippen LogP contribution >= 0.6 is 15.9 Å². The monoisotopic (exact) mass is 374 g/mol. The van der Waals surface area contributed by atoms with Gasteiger partial charge in [0.1, 0.15) is 11.5 Å². The van der Waals surface area contributed by atoms with Gasteiger partial charge < -0.3 is 4.42 Å². The number of nitrogens with zero attached hydrogens (tertiary/aromatic N) is 2. The Hall–Kier alpha value is -3.08. The second-order valence-corrected chi connectivity index (χ2v) is 5.99. The molecule has 0 N–H and O–H groups in total. The summed E-state index contributed by atoms with van der Waals surface area (Å²) in [4.78, 5) is 0. The van der Waals surface area contributed by atoms with Gasteiger partial charge in [0.2, 0.25) is 0 Å². The van der Waals surface area contributed by atoms with Crippen molar-refractivity contribution < 1.29 is 4.42 Å². The summed E-state index contributed by atoms with van der Waals surface area (Å²) < 4.78 is 6.81.